The van der Waals surface area contributed by atoms with Crippen LogP contribution in [0.25, 0.3) is 0 Å². The molecule has 2 aromatic carbocycles. The molecule has 0 spiro atoms. The fourth-order valence-corrected chi connectivity index (χ4v) is 2.37. The van der Waals surface area contributed by atoms with Crippen LogP contribution < -0.4 is 19.5 Å². The Morgan fingerprint density at radius 2 is 1.50 bits per heavy atom. The number of anilines is 1. The monoisotopic (exact) mass is 301 g/mol. The second kappa shape index (κ2) is 7.07. The van der Waals surface area contributed by atoms with E-state index in [0.29, 0.717) is 17.2 Å². The molecule has 0 unspecified atom stereocenters. The van der Waals surface area contributed by atoms with Crippen LogP contribution in [0.5, 0.6) is 17.2 Å². The summed E-state index contributed by atoms with van der Waals surface area (Å²) in [6, 6.07) is 10.3. The number of hydrogen-bond acceptors (Lipinski definition) is 4. The maximum Gasteiger partial charge on any atom is 0.203 e. The van der Waals surface area contributed by atoms with Crippen LogP contribution in [0.2, 0.25) is 0 Å². The number of rotatable bonds is 6. The average molecular weight is 301 g/mol. The molecular formula is C18H23NO3. The van der Waals surface area contributed by atoms with Crippen LogP contribution in [-0.4, -0.2) is 21.3 Å². The van der Waals surface area contributed by atoms with Crippen molar-refractivity contribution in [3.05, 3.63) is 47.0 Å². The minimum absolute atomic E-state index is 0.599. The van der Waals surface area contributed by atoms with Crippen LogP contribution in [0.1, 0.15) is 16.7 Å². The largest absolute Gasteiger partial charge is 0.493 e. The van der Waals surface area contributed by atoms with Crippen LogP contribution in [0.3, 0.4) is 0 Å². The van der Waals surface area contributed by atoms with Crippen LogP contribution in [0.4, 0.5) is 5.69 Å². The van der Waals surface area contributed by atoms with Crippen molar-refractivity contribution in [2.75, 3.05) is 26.6 Å². The first-order valence-corrected chi connectivity index (χ1v) is 7.19. The summed E-state index contributed by atoms with van der Waals surface area (Å²) < 4.78 is 16.1. The number of nitrogens with one attached hydrogen (secondary N) is 1. The van der Waals surface area contributed by atoms with Crippen molar-refractivity contribution < 1.29 is 14.2 Å². The van der Waals surface area contributed by atoms with Gasteiger partial charge in [0, 0.05) is 24.4 Å². The Morgan fingerprint density at radius 1 is 0.864 bits per heavy atom. The summed E-state index contributed by atoms with van der Waals surface area (Å²) in [6.45, 7) is 4.96. The van der Waals surface area contributed by atoms with Gasteiger partial charge in [-0.25, -0.2) is 0 Å². The molecule has 0 saturated heterocycles. The summed E-state index contributed by atoms with van der Waals surface area (Å²) in [6.07, 6.45) is 0. The van der Waals surface area contributed by atoms with Crippen molar-refractivity contribution in [3.8, 4) is 17.2 Å². The zero-order chi connectivity index (χ0) is 16.1. The van der Waals surface area contributed by atoms with E-state index in [9.17, 15) is 0 Å². The molecule has 0 aliphatic carbocycles. The van der Waals surface area contributed by atoms with Gasteiger partial charge in [0.1, 0.15) is 0 Å². The van der Waals surface area contributed by atoms with Gasteiger partial charge in [-0.15, -0.1) is 0 Å². The molecule has 2 rings (SSSR count). The molecule has 2 aromatic rings. The molecule has 4 nitrogen and oxygen atoms in total. The van der Waals surface area contributed by atoms with E-state index < -0.39 is 0 Å². The van der Waals surface area contributed by atoms with E-state index in [1.165, 1.54) is 16.7 Å². The highest BCUT2D eigenvalue weighted by Crippen LogP contribution is 2.40. The molecule has 0 atom stereocenters. The smallest absolute Gasteiger partial charge is 0.203 e. The van der Waals surface area contributed by atoms with Crippen LogP contribution in [-0.2, 0) is 6.54 Å². The maximum absolute atomic E-state index is 5.37. The molecule has 0 aliphatic rings. The van der Waals surface area contributed by atoms with Gasteiger partial charge in [-0.1, -0.05) is 23.8 Å². The quantitative estimate of drug-likeness (QED) is 0.877. The van der Waals surface area contributed by atoms with Crippen LogP contribution in [0, 0.1) is 13.8 Å². The molecule has 22 heavy (non-hydrogen) atoms. The average Bonchev–Trinajstić information content (AvgIpc) is 2.54. The molecule has 0 amide bonds. The van der Waals surface area contributed by atoms with E-state index in [4.69, 9.17) is 14.2 Å². The fourth-order valence-electron chi connectivity index (χ4n) is 2.37. The standard InChI is InChI=1S/C18H23NO3/c1-12-6-7-13(2)14(8-12)11-19-15-9-16(20-3)18(22-5)17(10-15)21-4/h6-10,19H,11H2,1-5H3. The highest BCUT2D eigenvalue weighted by molar-refractivity contribution is 5.62. The summed E-state index contributed by atoms with van der Waals surface area (Å²) >= 11 is 0. The summed E-state index contributed by atoms with van der Waals surface area (Å²) in [4.78, 5) is 0. The Kier molecular flexibility index (Phi) is 5.15. The lowest BCUT2D eigenvalue weighted by atomic mass is 10.1. The molecule has 0 fully saturated rings. The molecule has 0 bridgehead atoms. The first-order valence-electron chi connectivity index (χ1n) is 7.19. The summed E-state index contributed by atoms with van der Waals surface area (Å²) in [5.74, 6) is 1.89. The second-order valence-corrected chi connectivity index (χ2v) is 5.20. The number of hydrogen-bond donors (Lipinski definition) is 1. The van der Waals surface area contributed by atoms with Gasteiger partial charge in [0.15, 0.2) is 11.5 Å². The Balaban J connectivity index is 2.24. The molecule has 4 heteroatoms. The topological polar surface area (TPSA) is 39.7 Å². The third-order valence-corrected chi connectivity index (χ3v) is 3.65. The lowest BCUT2D eigenvalue weighted by molar-refractivity contribution is 0.324. The summed E-state index contributed by atoms with van der Waals surface area (Å²) in [5.41, 5.74) is 4.72. The van der Waals surface area contributed by atoms with E-state index in [2.05, 4.69) is 37.4 Å². The molecule has 0 heterocycles. The van der Waals surface area contributed by atoms with Crippen molar-refractivity contribution in [1.82, 2.24) is 0 Å². The maximum atomic E-state index is 5.37. The van der Waals surface area contributed by atoms with Gasteiger partial charge in [0.2, 0.25) is 5.75 Å². The van der Waals surface area contributed by atoms with Crippen molar-refractivity contribution in [2.45, 2.75) is 20.4 Å². The number of ether oxygens (including phenoxy) is 3. The number of methoxy groups -OCH3 is 3. The zero-order valence-electron chi connectivity index (χ0n) is 13.8. The van der Waals surface area contributed by atoms with Gasteiger partial charge >= 0.3 is 0 Å². The zero-order valence-corrected chi connectivity index (χ0v) is 13.8. The predicted octanol–water partition coefficient (Wildman–Crippen LogP) is 3.94. The molecule has 0 radical (unpaired) electrons. The Hall–Kier alpha value is -2.36. The van der Waals surface area contributed by atoms with Crippen molar-refractivity contribution in [1.29, 1.82) is 0 Å². The highest BCUT2D eigenvalue weighted by atomic mass is 16.5. The minimum atomic E-state index is 0.599. The number of benzene rings is 2. The van der Waals surface area contributed by atoms with Crippen molar-refractivity contribution in [3.63, 3.8) is 0 Å². The first-order chi connectivity index (χ1) is 10.6. The molecule has 0 saturated carbocycles. The van der Waals surface area contributed by atoms with Crippen molar-refractivity contribution >= 4 is 5.69 Å². The van der Waals surface area contributed by atoms with Gasteiger partial charge in [-0.05, 0) is 25.0 Å². The first kappa shape index (κ1) is 16.0. The van der Waals surface area contributed by atoms with Gasteiger partial charge in [0.05, 0.1) is 21.3 Å². The molecule has 118 valence electrons. The third kappa shape index (κ3) is 3.45. The van der Waals surface area contributed by atoms with E-state index in [0.717, 1.165) is 12.2 Å². The SMILES string of the molecule is COc1cc(NCc2cc(C)ccc2C)cc(OC)c1OC. The van der Waals surface area contributed by atoms with Crippen LogP contribution >= 0.6 is 0 Å². The van der Waals surface area contributed by atoms with Gasteiger partial charge in [0.25, 0.3) is 0 Å². The Morgan fingerprint density at radius 3 is 2.05 bits per heavy atom. The molecule has 1 N–H and O–H groups in total. The molecular weight excluding hydrogens is 278 g/mol. The number of aryl methyl sites for hydroxylation is 2. The molecule has 0 aliphatic heterocycles. The van der Waals surface area contributed by atoms with E-state index in [-0.39, 0.29) is 0 Å². The van der Waals surface area contributed by atoms with Gasteiger partial charge in [-0.2, -0.15) is 0 Å². The normalized spacial score (nSPS) is 10.2. The highest BCUT2D eigenvalue weighted by Gasteiger charge is 2.13. The fraction of sp³-hybridized carbons (Fsp3) is 0.333. The Labute approximate surface area is 132 Å². The van der Waals surface area contributed by atoms with Crippen LogP contribution in [0.15, 0.2) is 30.3 Å². The van der Waals surface area contributed by atoms with E-state index in [1.807, 2.05) is 12.1 Å². The van der Waals surface area contributed by atoms with Gasteiger partial charge < -0.3 is 19.5 Å². The summed E-state index contributed by atoms with van der Waals surface area (Å²) in [7, 11) is 4.83. The third-order valence-electron chi connectivity index (χ3n) is 3.65. The van der Waals surface area contributed by atoms with Gasteiger partial charge in [-0.3, -0.25) is 0 Å². The lowest BCUT2D eigenvalue weighted by Crippen LogP contribution is -2.03. The predicted molar refractivity (Wildman–Crippen MR) is 89.3 cm³/mol. The van der Waals surface area contributed by atoms with Crippen molar-refractivity contribution in [2.24, 2.45) is 0 Å². The Bertz CT molecular complexity index is 628. The minimum Gasteiger partial charge on any atom is -0.493 e. The summed E-state index contributed by atoms with van der Waals surface area (Å²) in [5, 5.41) is 3.41. The van der Waals surface area contributed by atoms with E-state index >= 15 is 0 Å². The molecule has 0 aromatic heterocycles. The second-order valence-electron chi connectivity index (χ2n) is 5.20. The lowest BCUT2D eigenvalue weighted by Gasteiger charge is -2.16. The van der Waals surface area contributed by atoms with E-state index in [1.54, 1.807) is 21.3 Å².